The van der Waals surface area contributed by atoms with Gasteiger partial charge in [-0.1, -0.05) is 29.8 Å². The number of carbonyl (C=O) groups excluding carboxylic acids is 1. The van der Waals surface area contributed by atoms with Crippen LogP contribution in [0, 0.1) is 6.92 Å². The fraction of sp³-hybridized carbons (Fsp3) is 0.333. The molecule has 2 rings (SSSR count). The van der Waals surface area contributed by atoms with E-state index in [0.717, 1.165) is 22.3 Å². The van der Waals surface area contributed by atoms with E-state index in [9.17, 15) is 9.59 Å². The van der Waals surface area contributed by atoms with Gasteiger partial charge in [0.2, 0.25) is 5.91 Å². The van der Waals surface area contributed by atoms with E-state index in [-0.39, 0.29) is 12.3 Å². The van der Waals surface area contributed by atoms with E-state index in [2.05, 4.69) is 6.07 Å². The minimum Gasteiger partial charge on any atom is -0.496 e. The Morgan fingerprint density at radius 2 is 1.85 bits per heavy atom. The van der Waals surface area contributed by atoms with Crippen LogP contribution in [0.1, 0.15) is 30.5 Å². The van der Waals surface area contributed by atoms with Crippen LogP contribution >= 0.6 is 0 Å². The number of hydrogen-bond donors (Lipinski definition) is 1. The molecular weight excluding hydrogens is 330 g/mol. The van der Waals surface area contributed by atoms with Crippen LogP contribution < -0.4 is 4.74 Å². The highest BCUT2D eigenvalue weighted by atomic mass is 16.5. The zero-order valence-corrected chi connectivity index (χ0v) is 15.7. The summed E-state index contributed by atoms with van der Waals surface area (Å²) in [5.74, 6) is -0.180. The van der Waals surface area contributed by atoms with Gasteiger partial charge in [0, 0.05) is 25.6 Å². The molecule has 138 valence electrons. The predicted molar refractivity (Wildman–Crippen MR) is 101 cm³/mol. The maximum absolute atomic E-state index is 11.8. The van der Waals surface area contributed by atoms with Crippen LogP contribution in [0.4, 0.5) is 0 Å². The molecule has 2 aromatic carbocycles. The Labute approximate surface area is 154 Å². The van der Waals surface area contributed by atoms with Crippen LogP contribution in [0.5, 0.6) is 5.75 Å². The Kier molecular flexibility index (Phi) is 6.39. The van der Waals surface area contributed by atoms with Crippen LogP contribution in [0.15, 0.2) is 36.4 Å². The first-order chi connectivity index (χ1) is 12.3. The number of amides is 1. The molecular formula is C21H25NO4. The van der Waals surface area contributed by atoms with Crippen molar-refractivity contribution in [3.63, 3.8) is 0 Å². The summed E-state index contributed by atoms with van der Waals surface area (Å²) in [4.78, 5) is 24.7. The molecule has 0 saturated carbocycles. The van der Waals surface area contributed by atoms with Crippen LogP contribution in [-0.4, -0.2) is 35.5 Å². The molecule has 1 amide bonds. The molecule has 5 heteroatoms. The highest BCUT2D eigenvalue weighted by Crippen LogP contribution is 2.34. The zero-order chi connectivity index (χ0) is 19.3. The number of ether oxygens (including phenoxy) is 1. The Balaban J connectivity index is 2.56. The normalized spacial score (nSPS) is 10.5. The number of carboxylic acids is 1. The summed E-state index contributed by atoms with van der Waals surface area (Å²) in [5.41, 5.74) is 4.59. The van der Waals surface area contributed by atoms with Crippen LogP contribution in [-0.2, 0) is 22.6 Å². The number of carbonyl (C=O) groups is 2. The van der Waals surface area contributed by atoms with Gasteiger partial charge in [-0.15, -0.1) is 0 Å². The quantitative estimate of drug-likeness (QED) is 0.823. The average molecular weight is 355 g/mol. The molecule has 0 bridgehead atoms. The standard InChI is InChI=1S/C21H25NO4/c1-5-22(15(3)23)13-17-10-14(2)6-8-18(17)19-11-16(12-21(24)25)7-9-20(19)26-4/h6-11H,5,12-13H2,1-4H3,(H,24,25). The number of rotatable bonds is 7. The first kappa shape index (κ1) is 19.5. The molecule has 0 heterocycles. The van der Waals surface area contributed by atoms with Gasteiger partial charge in [-0.05, 0) is 42.7 Å². The molecule has 0 aliphatic rings. The SMILES string of the molecule is CCN(Cc1cc(C)ccc1-c1cc(CC(=O)O)ccc1OC)C(C)=O. The fourth-order valence-corrected chi connectivity index (χ4v) is 3.02. The van der Waals surface area contributed by atoms with Gasteiger partial charge < -0.3 is 14.7 Å². The second kappa shape index (κ2) is 8.52. The molecule has 0 saturated heterocycles. The van der Waals surface area contributed by atoms with E-state index >= 15 is 0 Å². The van der Waals surface area contributed by atoms with Gasteiger partial charge in [-0.3, -0.25) is 9.59 Å². The van der Waals surface area contributed by atoms with E-state index in [4.69, 9.17) is 9.84 Å². The van der Waals surface area contributed by atoms with Crippen LogP contribution in [0.3, 0.4) is 0 Å². The average Bonchev–Trinajstić information content (AvgIpc) is 2.59. The smallest absolute Gasteiger partial charge is 0.307 e. The van der Waals surface area contributed by atoms with Gasteiger partial charge in [0.25, 0.3) is 0 Å². The Hall–Kier alpha value is -2.82. The van der Waals surface area contributed by atoms with Crippen molar-refractivity contribution in [1.82, 2.24) is 4.90 Å². The molecule has 0 aromatic heterocycles. The Bertz CT molecular complexity index is 814. The summed E-state index contributed by atoms with van der Waals surface area (Å²) >= 11 is 0. The summed E-state index contributed by atoms with van der Waals surface area (Å²) in [6, 6.07) is 11.5. The van der Waals surface area contributed by atoms with Crippen molar-refractivity contribution in [3.8, 4) is 16.9 Å². The number of aryl methyl sites for hydroxylation is 1. The highest BCUT2D eigenvalue weighted by Gasteiger charge is 2.16. The number of nitrogens with zero attached hydrogens (tertiary/aromatic N) is 1. The summed E-state index contributed by atoms with van der Waals surface area (Å²) in [7, 11) is 1.59. The molecule has 0 aliphatic carbocycles. The number of benzene rings is 2. The second-order valence-corrected chi connectivity index (χ2v) is 6.30. The van der Waals surface area contributed by atoms with Gasteiger partial charge in [0.05, 0.1) is 13.5 Å². The molecule has 5 nitrogen and oxygen atoms in total. The molecule has 0 aliphatic heterocycles. The molecule has 0 radical (unpaired) electrons. The summed E-state index contributed by atoms with van der Waals surface area (Å²) in [6.45, 7) is 6.64. The molecule has 0 unspecified atom stereocenters. The number of aliphatic carboxylic acids is 1. The summed E-state index contributed by atoms with van der Waals surface area (Å²) < 4.78 is 5.50. The van der Waals surface area contributed by atoms with Gasteiger partial charge in [0.15, 0.2) is 0 Å². The summed E-state index contributed by atoms with van der Waals surface area (Å²) in [5, 5.41) is 9.08. The minimum atomic E-state index is -0.876. The third kappa shape index (κ3) is 4.63. The van der Waals surface area contributed by atoms with Gasteiger partial charge in [-0.25, -0.2) is 0 Å². The molecule has 0 atom stereocenters. The van der Waals surface area contributed by atoms with Crippen molar-refractivity contribution in [3.05, 3.63) is 53.1 Å². The monoisotopic (exact) mass is 355 g/mol. The van der Waals surface area contributed by atoms with E-state index in [1.807, 2.05) is 32.0 Å². The lowest BCUT2D eigenvalue weighted by Crippen LogP contribution is -2.28. The minimum absolute atomic E-state index is 0.0200. The van der Waals surface area contributed by atoms with E-state index in [1.54, 1.807) is 31.1 Å². The van der Waals surface area contributed by atoms with E-state index < -0.39 is 5.97 Å². The highest BCUT2D eigenvalue weighted by molar-refractivity contribution is 5.78. The third-order valence-electron chi connectivity index (χ3n) is 4.36. The van der Waals surface area contributed by atoms with Gasteiger partial charge in [-0.2, -0.15) is 0 Å². The summed E-state index contributed by atoms with van der Waals surface area (Å²) in [6.07, 6.45) is -0.0489. The molecule has 2 aromatic rings. The largest absolute Gasteiger partial charge is 0.496 e. The zero-order valence-electron chi connectivity index (χ0n) is 15.7. The van der Waals surface area contributed by atoms with Crippen molar-refractivity contribution >= 4 is 11.9 Å². The maximum atomic E-state index is 11.8. The lowest BCUT2D eigenvalue weighted by atomic mass is 9.94. The van der Waals surface area contributed by atoms with Gasteiger partial charge in [0.1, 0.15) is 5.75 Å². The molecule has 0 fully saturated rings. The molecule has 26 heavy (non-hydrogen) atoms. The first-order valence-corrected chi connectivity index (χ1v) is 8.59. The van der Waals surface area contributed by atoms with Crippen molar-refractivity contribution in [2.24, 2.45) is 0 Å². The first-order valence-electron chi connectivity index (χ1n) is 8.59. The fourth-order valence-electron chi connectivity index (χ4n) is 3.02. The van der Waals surface area contributed by atoms with Crippen molar-refractivity contribution in [1.29, 1.82) is 0 Å². The maximum Gasteiger partial charge on any atom is 0.307 e. The lowest BCUT2D eigenvalue weighted by molar-refractivity contribution is -0.136. The lowest BCUT2D eigenvalue weighted by Gasteiger charge is -2.22. The molecule has 1 N–H and O–H groups in total. The Morgan fingerprint density at radius 1 is 1.12 bits per heavy atom. The number of hydrogen-bond acceptors (Lipinski definition) is 3. The van der Waals surface area contributed by atoms with Crippen molar-refractivity contribution in [2.75, 3.05) is 13.7 Å². The van der Waals surface area contributed by atoms with E-state index in [1.165, 1.54) is 0 Å². The second-order valence-electron chi connectivity index (χ2n) is 6.30. The predicted octanol–water partition coefficient (Wildman–Crippen LogP) is 3.67. The Morgan fingerprint density at radius 3 is 2.42 bits per heavy atom. The molecule has 0 spiro atoms. The third-order valence-corrected chi connectivity index (χ3v) is 4.36. The van der Waals surface area contributed by atoms with E-state index in [0.29, 0.717) is 24.4 Å². The van der Waals surface area contributed by atoms with Gasteiger partial charge >= 0.3 is 5.97 Å². The van der Waals surface area contributed by atoms with Crippen LogP contribution in [0.25, 0.3) is 11.1 Å². The van der Waals surface area contributed by atoms with Crippen molar-refractivity contribution in [2.45, 2.75) is 33.7 Å². The topological polar surface area (TPSA) is 66.8 Å². The number of carboxylic acid groups (broad SMARTS) is 1. The van der Waals surface area contributed by atoms with Crippen LogP contribution in [0.2, 0.25) is 0 Å². The number of methoxy groups -OCH3 is 1. The van der Waals surface area contributed by atoms with Crippen molar-refractivity contribution < 1.29 is 19.4 Å².